The van der Waals surface area contributed by atoms with Crippen molar-refractivity contribution in [3.63, 3.8) is 0 Å². The Morgan fingerprint density at radius 2 is 2.22 bits per heavy atom. The molecule has 96 valence electrons. The third-order valence-electron chi connectivity index (χ3n) is 2.88. The summed E-state index contributed by atoms with van der Waals surface area (Å²) < 4.78 is 1.82. The number of nitrogens with zero attached hydrogens (tertiary/aromatic N) is 4. The highest BCUT2D eigenvalue weighted by Gasteiger charge is 2.14. The zero-order chi connectivity index (χ0) is 13.1. The second-order valence-electron chi connectivity index (χ2n) is 4.32. The van der Waals surface area contributed by atoms with Gasteiger partial charge in [0.05, 0.1) is 16.8 Å². The average molecular weight is 266 g/mol. The van der Waals surface area contributed by atoms with Crippen LogP contribution >= 0.6 is 11.6 Å². The lowest BCUT2D eigenvalue weighted by molar-refractivity contribution is 0.447. The van der Waals surface area contributed by atoms with Crippen molar-refractivity contribution in [2.45, 2.75) is 32.7 Å². The standard InChI is InChI=1S/C12H16ClN5/c1-3-4-8(2)18-12(15-16-17-18)9-5-6-11(14)10(13)7-9/h5-8H,3-4,14H2,1-2H3. The van der Waals surface area contributed by atoms with Crippen molar-refractivity contribution >= 4 is 17.3 Å². The molecular formula is C12H16ClN5. The molecule has 6 heteroatoms. The van der Waals surface area contributed by atoms with Crippen molar-refractivity contribution in [3.8, 4) is 11.4 Å². The van der Waals surface area contributed by atoms with Crippen LogP contribution in [0.1, 0.15) is 32.7 Å². The lowest BCUT2D eigenvalue weighted by atomic mass is 10.1. The van der Waals surface area contributed by atoms with Crippen LogP contribution in [0.4, 0.5) is 5.69 Å². The molecule has 1 aromatic heterocycles. The van der Waals surface area contributed by atoms with E-state index in [0.29, 0.717) is 10.7 Å². The number of hydrogen-bond donors (Lipinski definition) is 1. The van der Waals surface area contributed by atoms with Gasteiger partial charge in [-0.25, -0.2) is 4.68 Å². The smallest absolute Gasteiger partial charge is 0.182 e. The maximum absolute atomic E-state index is 6.02. The van der Waals surface area contributed by atoms with Crippen LogP contribution in [0.25, 0.3) is 11.4 Å². The van der Waals surface area contributed by atoms with E-state index in [1.807, 2.05) is 10.7 Å². The minimum Gasteiger partial charge on any atom is -0.398 e. The Balaban J connectivity index is 2.39. The van der Waals surface area contributed by atoms with Gasteiger partial charge in [-0.05, 0) is 42.0 Å². The lowest BCUT2D eigenvalue weighted by Crippen LogP contribution is -2.08. The SMILES string of the molecule is CCCC(C)n1nnnc1-c1ccc(N)c(Cl)c1. The van der Waals surface area contributed by atoms with Gasteiger partial charge in [-0.2, -0.15) is 0 Å². The number of nitrogens with two attached hydrogens (primary N) is 1. The first kappa shape index (κ1) is 12.8. The van der Waals surface area contributed by atoms with Crippen LogP contribution in [-0.2, 0) is 0 Å². The first-order valence-electron chi connectivity index (χ1n) is 5.96. The zero-order valence-electron chi connectivity index (χ0n) is 10.5. The minimum atomic E-state index is 0.260. The van der Waals surface area contributed by atoms with Gasteiger partial charge in [-0.3, -0.25) is 0 Å². The third-order valence-corrected chi connectivity index (χ3v) is 3.20. The number of benzene rings is 1. The summed E-state index contributed by atoms with van der Waals surface area (Å²) >= 11 is 6.02. The van der Waals surface area contributed by atoms with Gasteiger partial charge >= 0.3 is 0 Å². The van der Waals surface area contributed by atoms with Crippen LogP contribution in [0.3, 0.4) is 0 Å². The van der Waals surface area contributed by atoms with Crippen LogP contribution in [0.15, 0.2) is 18.2 Å². The van der Waals surface area contributed by atoms with E-state index < -0.39 is 0 Å². The second-order valence-corrected chi connectivity index (χ2v) is 4.73. The molecule has 1 heterocycles. The monoisotopic (exact) mass is 265 g/mol. The van der Waals surface area contributed by atoms with E-state index in [2.05, 4.69) is 29.4 Å². The molecule has 0 fully saturated rings. The maximum atomic E-state index is 6.02. The van der Waals surface area contributed by atoms with Crippen LogP contribution in [0.2, 0.25) is 5.02 Å². The molecule has 1 unspecified atom stereocenters. The number of aromatic nitrogens is 4. The van der Waals surface area contributed by atoms with Gasteiger partial charge in [-0.1, -0.05) is 24.9 Å². The topological polar surface area (TPSA) is 69.6 Å². The number of hydrogen-bond acceptors (Lipinski definition) is 4. The third kappa shape index (κ3) is 2.46. The van der Waals surface area contributed by atoms with Crippen molar-refractivity contribution in [1.29, 1.82) is 0 Å². The zero-order valence-corrected chi connectivity index (χ0v) is 11.2. The normalized spacial score (nSPS) is 12.6. The van der Waals surface area contributed by atoms with Crippen LogP contribution in [-0.4, -0.2) is 20.2 Å². The molecule has 5 nitrogen and oxygen atoms in total. The Morgan fingerprint density at radius 3 is 2.89 bits per heavy atom. The van der Waals surface area contributed by atoms with Crippen molar-refractivity contribution in [2.75, 3.05) is 5.73 Å². The summed E-state index contributed by atoms with van der Waals surface area (Å²) in [6.45, 7) is 4.24. The van der Waals surface area contributed by atoms with E-state index in [-0.39, 0.29) is 6.04 Å². The van der Waals surface area contributed by atoms with Gasteiger partial charge < -0.3 is 5.73 Å². The van der Waals surface area contributed by atoms with Gasteiger partial charge in [0.25, 0.3) is 0 Å². The van der Waals surface area contributed by atoms with E-state index in [1.54, 1.807) is 12.1 Å². The summed E-state index contributed by atoms with van der Waals surface area (Å²) in [6.07, 6.45) is 2.11. The van der Waals surface area contributed by atoms with E-state index in [1.165, 1.54) is 0 Å². The Morgan fingerprint density at radius 1 is 1.44 bits per heavy atom. The number of halogens is 1. The molecule has 0 amide bonds. The molecule has 2 N–H and O–H groups in total. The van der Waals surface area contributed by atoms with E-state index in [4.69, 9.17) is 17.3 Å². The molecule has 0 aliphatic carbocycles. The molecule has 2 rings (SSSR count). The fourth-order valence-electron chi connectivity index (χ4n) is 1.89. The first-order valence-corrected chi connectivity index (χ1v) is 6.34. The first-order chi connectivity index (χ1) is 8.63. The van der Waals surface area contributed by atoms with E-state index >= 15 is 0 Å². The van der Waals surface area contributed by atoms with Crippen molar-refractivity contribution in [2.24, 2.45) is 0 Å². The predicted octanol–water partition coefficient (Wildman–Crippen LogP) is 2.94. The highest BCUT2D eigenvalue weighted by atomic mass is 35.5. The predicted molar refractivity (Wildman–Crippen MR) is 72.3 cm³/mol. The molecule has 0 bridgehead atoms. The second kappa shape index (κ2) is 5.35. The van der Waals surface area contributed by atoms with E-state index in [0.717, 1.165) is 24.2 Å². The van der Waals surface area contributed by atoms with Gasteiger partial charge in [0.1, 0.15) is 0 Å². The molecule has 0 radical (unpaired) electrons. The number of nitrogen functional groups attached to an aromatic ring is 1. The number of rotatable bonds is 4. The van der Waals surface area contributed by atoms with E-state index in [9.17, 15) is 0 Å². The summed E-state index contributed by atoms with van der Waals surface area (Å²) in [6, 6.07) is 5.69. The molecule has 0 aliphatic rings. The number of tetrazole rings is 1. The van der Waals surface area contributed by atoms with Gasteiger partial charge in [0, 0.05) is 5.56 Å². The summed E-state index contributed by atoms with van der Waals surface area (Å²) in [4.78, 5) is 0. The van der Waals surface area contributed by atoms with Crippen LogP contribution in [0.5, 0.6) is 0 Å². The molecule has 2 aromatic rings. The fraction of sp³-hybridized carbons (Fsp3) is 0.417. The maximum Gasteiger partial charge on any atom is 0.182 e. The highest BCUT2D eigenvalue weighted by molar-refractivity contribution is 6.33. The van der Waals surface area contributed by atoms with Gasteiger partial charge in [0.15, 0.2) is 5.82 Å². The lowest BCUT2D eigenvalue weighted by Gasteiger charge is -2.12. The molecule has 0 aliphatic heterocycles. The quantitative estimate of drug-likeness (QED) is 0.863. The molecule has 18 heavy (non-hydrogen) atoms. The Bertz CT molecular complexity index is 537. The van der Waals surface area contributed by atoms with Gasteiger partial charge in [0.2, 0.25) is 0 Å². The fourth-order valence-corrected chi connectivity index (χ4v) is 2.07. The number of anilines is 1. The summed E-state index contributed by atoms with van der Waals surface area (Å²) in [5.41, 5.74) is 7.13. The molecule has 0 saturated carbocycles. The Kier molecular flexibility index (Phi) is 3.81. The van der Waals surface area contributed by atoms with Crippen LogP contribution < -0.4 is 5.73 Å². The average Bonchev–Trinajstić information content (AvgIpc) is 2.82. The molecular weight excluding hydrogens is 250 g/mol. The minimum absolute atomic E-state index is 0.260. The molecule has 1 aromatic carbocycles. The molecule has 0 saturated heterocycles. The molecule has 0 spiro atoms. The Labute approximate surface area is 111 Å². The summed E-state index contributed by atoms with van der Waals surface area (Å²) in [5.74, 6) is 0.720. The largest absolute Gasteiger partial charge is 0.398 e. The van der Waals surface area contributed by atoms with Crippen molar-refractivity contribution in [1.82, 2.24) is 20.2 Å². The van der Waals surface area contributed by atoms with Crippen molar-refractivity contribution < 1.29 is 0 Å². The van der Waals surface area contributed by atoms with Crippen molar-refractivity contribution in [3.05, 3.63) is 23.2 Å². The summed E-state index contributed by atoms with van der Waals surface area (Å²) in [5, 5.41) is 12.4. The molecule has 1 atom stereocenters. The summed E-state index contributed by atoms with van der Waals surface area (Å²) in [7, 11) is 0. The van der Waals surface area contributed by atoms with Gasteiger partial charge in [-0.15, -0.1) is 5.10 Å². The highest BCUT2D eigenvalue weighted by Crippen LogP contribution is 2.27. The Hall–Kier alpha value is -1.62. The van der Waals surface area contributed by atoms with Crippen LogP contribution in [0, 0.1) is 0 Å².